The first-order chi connectivity index (χ1) is 13.5. The molecule has 2 heterocycles. The van der Waals surface area contributed by atoms with Crippen LogP contribution in [0.25, 0.3) is 0 Å². The highest BCUT2D eigenvalue weighted by molar-refractivity contribution is 7.98. The van der Waals surface area contributed by atoms with Gasteiger partial charge in [-0.3, -0.25) is 19.3 Å². The van der Waals surface area contributed by atoms with Gasteiger partial charge in [0.15, 0.2) is 6.61 Å². The van der Waals surface area contributed by atoms with Crippen LogP contribution in [0.5, 0.6) is 0 Å². The van der Waals surface area contributed by atoms with Gasteiger partial charge in [0.2, 0.25) is 0 Å². The Bertz CT molecular complexity index is 741. The molecule has 0 spiro atoms. The fraction of sp³-hybridized carbons (Fsp3) is 0.500. The van der Waals surface area contributed by atoms with Crippen molar-refractivity contribution in [1.29, 1.82) is 0 Å². The van der Waals surface area contributed by atoms with Crippen molar-refractivity contribution in [2.45, 2.75) is 31.7 Å². The topological polar surface area (TPSA) is 84.0 Å². The minimum Gasteiger partial charge on any atom is -0.454 e. The van der Waals surface area contributed by atoms with Crippen molar-refractivity contribution in [3.05, 3.63) is 35.4 Å². The standard InChI is InChI=1S/C20H24N2O5S/c1-28-12-9-16(20(26)27-13-17(23)21-10-5-2-6-11-21)22-18(24)14-7-3-4-8-15(14)19(22)25/h3-4,7-8,16H,2,5-6,9-13H2,1H3/t16-/m0/s1. The van der Waals surface area contributed by atoms with E-state index < -0.39 is 23.8 Å². The lowest BCUT2D eigenvalue weighted by molar-refractivity contribution is -0.155. The molecule has 3 rings (SSSR count). The highest BCUT2D eigenvalue weighted by Crippen LogP contribution is 2.26. The van der Waals surface area contributed by atoms with Gasteiger partial charge in [0.1, 0.15) is 6.04 Å². The SMILES string of the molecule is CSCC[C@@H](C(=O)OCC(=O)N1CCCCC1)N1C(=O)c2ccccc2C1=O. The van der Waals surface area contributed by atoms with Crippen molar-refractivity contribution in [2.75, 3.05) is 31.7 Å². The summed E-state index contributed by atoms with van der Waals surface area (Å²) in [5.41, 5.74) is 0.581. The molecule has 1 aromatic rings. The molecule has 3 amide bonds. The first-order valence-electron chi connectivity index (χ1n) is 9.45. The third-order valence-corrected chi connectivity index (χ3v) is 5.70. The number of imide groups is 1. The van der Waals surface area contributed by atoms with Crippen molar-refractivity contribution in [3.8, 4) is 0 Å². The molecule has 0 aromatic heterocycles. The van der Waals surface area contributed by atoms with Gasteiger partial charge in [0.05, 0.1) is 11.1 Å². The minimum atomic E-state index is -1.03. The zero-order valence-electron chi connectivity index (χ0n) is 15.9. The number of benzene rings is 1. The van der Waals surface area contributed by atoms with Crippen molar-refractivity contribution in [3.63, 3.8) is 0 Å². The van der Waals surface area contributed by atoms with Crippen LogP contribution in [0.3, 0.4) is 0 Å². The molecule has 0 unspecified atom stereocenters. The Kier molecular flexibility index (Phi) is 6.72. The van der Waals surface area contributed by atoms with E-state index in [-0.39, 0.29) is 18.9 Å². The summed E-state index contributed by atoms with van der Waals surface area (Å²) < 4.78 is 5.24. The van der Waals surface area contributed by atoms with Gasteiger partial charge in [-0.2, -0.15) is 11.8 Å². The van der Waals surface area contributed by atoms with Gasteiger partial charge < -0.3 is 9.64 Å². The number of piperidine rings is 1. The third-order valence-electron chi connectivity index (χ3n) is 5.05. The molecule has 8 heteroatoms. The fourth-order valence-electron chi connectivity index (χ4n) is 3.54. The van der Waals surface area contributed by atoms with Crippen LogP contribution in [0, 0.1) is 0 Å². The lowest BCUT2D eigenvalue weighted by atomic mass is 10.1. The fourth-order valence-corrected chi connectivity index (χ4v) is 4.00. The van der Waals surface area contributed by atoms with Gasteiger partial charge in [-0.05, 0) is 49.8 Å². The predicted octanol–water partition coefficient (Wildman–Crippen LogP) is 1.96. The van der Waals surface area contributed by atoms with Gasteiger partial charge in [0.25, 0.3) is 17.7 Å². The van der Waals surface area contributed by atoms with Crippen molar-refractivity contribution < 1.29 is 23.9 Å². The van der Waals surface area contributed by atoms with Crippen LogP contribution in [0.4, 0.5) is 0 Å². The Balaban J connectivity index is 1.69. The van der Waals surface area contributed by atoms with E-state index in [0.29, 0.717) is 30.0 Å². The van der Waals surface area contributed by atoms with Crippen LogP contribution < -0.4 is 0 Å². The molecule has 2 aliphatic rings. The van der Waals surface area contributed by atoms with Crippen molar-refractivity contribution >= 4 is 35.5 Å². The molecule has 0 aliphatic carbocycles. The molecule has 1 atom stereocenters. The molecule has 150 valence electrons. The molecule has 0 radical (unpaired) electrons. The van der Waals surface area contributed by atoms with Crippen LogP contribution >= 0.6 is 11.8 Å². The number of amides is 3. The quantitative estimate of drug-likeness (QED) is 0.510. The zero-order valence-corrected chi connectivity index (χ0v) is 16.7. The molecular formula is C20H24N2O5S. The number of thioether (sulfide) groups is 1. The number of fused-ring (bicyclic) bond motifs is 1. The summed E-state index contributed by atoms with van der Waals surface area (Å²) in [6.45, 7) is 0.979. The maximum Gasteiger partial charge on any atom is 0.329 e. The summed E-state index contributed by atoms with van der Waals surface area (Å²) >= 11 is 1.51. The average Bonchev–Trinajstić information content (AvgIpc) is 2.98. The number of ether oxygens (including phenoxy) is 1. The number of nitrogens with zero attached hydrogens (tertiary/aromatic N) is 2. The first kappa shape index (κ1) is 20.4. The van der Waals surface area contributed by atoms with E-state index >= 15 is 0 Å². The summed E-state index contributed by atoms with van der Waals surface area (Å²) in [4.78, 5) is 53.1. The highest BCUT2D eigenvalue weighted by Gasteiger charge is 2.43. The van der Waals surface area contributed by atoms with Crippen LogP contribution in [-0.2, 0) is 14.3 Å². The number of esters is 1. The number of hydrogen-bond acceptors (Lipinski definition) is 6. The monoisotopic (exact) mass is 404 g/mol. The van der Waals surface area contributed by atoms with Gasteiger partial charge in [-0.15, -0.1) is 0 Å². The summed E-state index contributed by atoms with van der Waals surface area (Å²) in [7, 11) is 0. The average molecular weight is 404 g/mol. The lowest BCUT2D eigenvalue weighted by Crippen LogP contribution is -2.47. The Morgan fingerprint density at radius 2 is 1.68 bits per heavy atom. The van der Waals surface area contributed by atoms with Gasteiger partial charge in [0, 0.05) is 13.1 Å². The Morgan fingerprint density at radius 3 is 2.25 bits per heavy atom. The van der Waals surface area contributed by atoms with E-state index in [2.05, 4.69) is 0 Å². The van der Waals surface area contributed by atoms with Crippen molar-refractivity contribution in [1.82, 2.24) is 9.80 Å². The van der Waals surface area contributed by atoms with Crippen LogP contribution in [0.1, 0.15) is 46.4 Å². The van der Waals surface area contributed by atoms with Crippen molar-refractivity contribution in [2.24, 2.45) is 0 Å². The van der Waals surface area contributed by atoms with E-state index in [4.69, 9.17) is 4.74 Å². The van der Waals surface area contributed by atoms with Crippen LogP contribution in [0.15, 0.2) is 24.3 Å². The van der Waals surface area contributed by atoms with E-state index in [1.165, 1.54) is 11.8 Å². The third kappa shape index (κ3) is 4.22. The predicted molar refractivity (Wildman–Crippen MR) is 105 cm³/mol. The molecule has 0 saturated carbocycles. The maximum atomic E-state index is 12.7. The Hall–Kier alpha value is -2.35. The molecule has 7 nitrogen and oxygen atoms in total. The molecule has 0 bridgehead atoms. The number of hydrogen-bond donors (Lipinski definition) is 0. The highest BCUT2D eigenvalue weighted by atomic mass is 32.2. The summed E-state index contributed by atoms with van der Waals surface area (Å²) in [6, 6.07) is 5.48. The maximum absolute atomic E-state index is 12.7. The number of carbonyl (C=O) groups excluding carboxylic acids is 4. The molecule has 0 N–H and O–H groups in total. The zero-order chi connectivity index (χ0) is 20.1. The van der Waals surface area contributed by atoms with E-state index in [0.717, 1.165) is 24.2 Å². The summed E-state index contributed by atoms with van der Waals surface area (Å²) in [6.07, 6.45) is 5.16. The van der Waals surface area contributed by atoms with E-state index in [9.17, 15) is 19.2 Å². The summed E-state index contributed by atoms with van der Waals surface area (Å²) in [5, 5.41) is 0. The molecule has 2 aliphatic heterocycles. The molecule has 1 fully saturated rings. The number of carbonyl (C=O) groups is 4. The van der Waals surface area contributed by atoms with E-state index in [1.807, 2.05) is 6.26 Å². The number of likely N-dealkylation sites (tertiary alicyclic amines) is 1. The molecular weight excluding hydrogens is 380 g/mol. The molecule has 28 heavy (non-hydrogen) atoms. The second-order valence-corrected chi connectivity index (χ2v) is 7.86. The largest absolute Gasteiger partial charge is 0.454 e. The summed E-state index contributed by atoms with van der Waals surface area (Å²) in [5.74, 6) is -1.36. The lowest BCUT2D eigenvalue weighted by Gasteiger charge is -2.27. The van der Waals surface area contributed by atoms with Crippen LogP contribution in [-0.4, -0.2) is 71.2 Å². The molecule has 1 aromatic carbocycles. The van der Waals surface area contributed by atoms with E-state index in [1.54, 1.807) is 29.2 Å². The van der Waals surface area contributed by atoms with Gasteiger partial charge in [-0.1, -0.05) is 12.1 Å². The minimum absolute atomic E-state index is 0.237. The smallest absolute Gasteiger partial charge is 0.329 e. The second kappa shape index (κ2) is 9.23. The van der Waals surface area contributed by atoms with Gasteiger partial charge >= 0.3 is 5.97 Å². The van der Waals surface area contributed by atoms with Crippen LogP contribution in [0.2, 0.25) is 0 Å². The Morgan fingerprint density at radius 1 is 1.07 bits per heavy atom. The normalized spacial score (nSPS) is 17.5. The Labute approximate surface area is 168 Å². The molecule has 1 saturated heterocycles. The second-order valence-electron chi connectivity index (χ2n) is 6.87. The number of rotatable bonds is 7. The first-order valence-corrected chi connectivity index (χ1v) is 10.8. The van der Waals surface area contributed by atoms with Gasteiger partial charge in [-0.25, -0.2) is 4.79 Å².